The van der Waals surface area contributed by atoms with E-state index in [9.17, 15) is 54.2 Å². The number of rotatable bonds is 11. The van der Waals surface area contributed by atoms with Crippen molar-refractivity contribution >= 4 is 86.0 Å². The van der Waals surface area contributed by atoms with Crippen molar-refractivity contribution in [3.63, 3.8) is 0 Å². The number of nitrogens with one attached hydrogen (secondary N) is 1. The Morgan fingerprint density at radius 1 is 0.517 bits per heavy atom. The third-order valence-corrected chi connectivity index (χ3v) is 11.7. The van der Waals surface area contributed by atoms with Crippen LogP contribution in [0.2, 0.25) is 0 Å². The molecule has 0 amide bonds. The first-order valence-corrected chi connectivity index (χ1v) is 21.3. The van der Waals surface area contributed by atoms with Crippen molar-refractivity contribution in [3.05, 3.63) is 115 Å². The van der Waals surface area contributed by atoms with E-state index in [0.29, 0.717) is 16.8 Å². The summed E-state index contributed by atoms with van der Waals surface area (Å²) in [5.74, 6) is -1.79. The van der Waals surface area contributed by atoms with Crippen LogP contribution in [0.25, 0.3) is 32.7 Å². The second-order valence-corrected chi connectivity index (χ2v) is 17.0. The van der Waals surface area contributed by atoms with E-state index >= 15 is 0 Å². The Kier molecular flexibility index (Phi) is 10.7. The van der Waals surface area contributed by atoms with E-state index in [2.05, 4.69) is 25.8 Å². The minimum atomic E-state index is -5.02. The lowest BCUT2D eigenvalue weighted by Gasteiger charge is -2.12. The highest BCUT2D eigenvalue weighted by molar-refractivity contribution is 7.86. The van der Waals surface area contributed by atoms with Crippen molar-refractivity contribution in [2.45, 2.75) is 14.7 Å². The third-order valence-electron chi connectivity index (χ3n) is 9.00. The van der Waals surface area contributed by atoms with E-state index in [4.69, 9.17) is 4.74 Å². The van der Waals surface area contributed by atoms with Gasteiger partial charge >= 0.3 is 0 Å². The smallest absolute Gasteiger partial charge is 0.296 e. The van der Waals surface area contributed by atoms with Crippen LogP contribution in [0.5, 0.6) is 23.0 Å². The summed E-state index contributed by atoms with van der Waals surface area (Å²) in [6, 6.07) is 27.5. The van der Waals surface area contributed by atoms with Crippen LogP contribution in [0, 0.1) is 0 Å². The zero-order chi connectivity index (χ0) is 43.1. The van der Waals surface area contributed by atoms with E-state index in [1.807, 2.05) is 30.3 Å². The summed E-state index contributed by atoms with van der Waals surface area (Å²) < 4.78 is 109. The Morgan fingerprint density at radius 2 is 1.15 bits per heavy atom. The molecule has 0 atom stereocenters. The van der Waals surface area contributed by atoms with Crippen LogP contribution < -0.4 is 10.1 Å². The number of nitrogens with zero attached hydrogens (tertiary/aromatic N) is 4. The average molecular weight is 872 g/mol. The molecule has 0 aliphatic heterocycles. The molecule has 0 radical (unpaired) electrons. The van der Waals surface area contributed by atoms with Crippen molar-refractivity contribution in [2.75, 3.05) is 12.4 Å². The van der Waals surface area contributed by atoms with Crippen molar-refractivity contribution in [1.82, 2.24) is 0 Å². The molecule has 60 heavy (non-hydrogen) atoms. The zero-order valence-electron chi connectivity index (χ0n) is 30.5. The monoisotopic (exact) mass is 871 g/mol. The molecule has 18 nitrogen and oxygen atoms in total. The number of aromatic hydroxyl groups is 3. The maximum Gasteiger partial charge on any atom is 0.296 e. The molecule has 7 rings (SSSR count). The summed E-state index contributed by atoms with van der Waals surface area (Å²) in [5, 5.41) is 51.3. The first kappa shape index (κ1) is 41.2. The molecular formula is C39H29N5O13S3. The Labute approximate surface area is 340 Å². The molecule has 7 aromatic carbocycles. The number of phenols is 3. The molecule has 0 aliphatic carbocycles. The predicted octanol–water partition coefficient (Wildman–Crippen LogP) is 9.10. The summed E-state index contributed by atoms with van der Waals surface area (Å²) in [6.45, 7) is 0. The van der Waals surface area contributed by atoms with Crippen LogP contribution in [0.3, 0.4) is 0 Å². The average Bonchev–Trinajstić information content (AvgIpc) is 3.19. The number of fused-ring (bicyclic) bond motifs is 2. The lowest BCUT2D eigenvalue weighted by Crippen LogP contribution is -2.03. The highest BCUT2D eigenvalue weighted by Gasteiger charge is 2.26. The number of ether oxygens (including phenoxy) is 1. The molecule has 7 N–H and O–H groups in total. The van der Waals surface area contributed by atoms with Gasteiger partial charge in [0, 0.05) is 27.5 Å². The topological polar surface area (TPSA) is 294 Å². The van der Waals surface area contributed by atoms with Gasteiger partial charge in [-0.05, 0) is 89.3 Å². The van der Waals surface area contributed by atoms with Crippen LogP contribution >= 0.6 is 0 Å². The van der Waals surface area contributed by atoms with Crippen molar-refractivity contribution in [1.29, 1.82) is 0 Å². The highest BCUT2D eigenvalue weighted by Crippen LogP contribution is 2.45. The van der Waals surface area contributed by atoms with E-state index in [1.165, 1.54) is 37.4 Å². The van der Waals surface area contributed by atoms with Gasteiger partial charge < -0.3 is 25.4 Å². The fourth-order valence-electron chi connectivity index (χ4n) is 6.23. The number of para-hydroxylation sites is 1. The second kappa shape index (κ2) is 15.6. The zero-order valence-corrected chi connectivity index (χ0v) is 33.0. The second-order valence-electron chi connectivity index (χ2n) is 12.8. The summed E-state index contributed by atoms with van der Waals surface area (Å²) in [5.41, 5.74) is 0.930. The van der Waals surface area contributed by atoms with Gasteiger partial charge in [-0.15, -0.1) is 20.5 Å². The predicted molar refractivity (Wildman–Crippen MR) is 219 cm³/mol. The van der Waals surface area contributed by atoms with E-state index in [1.54, 1.807) is 24.3 Å². The Hall–Kier alpha value is -7.01. The number of hydrogen-bond donors (Lipinski definition) is 7. The first-order valence-electron chi connectivity index (χ1n) is 17.0. The van der Waals surface area contributed by atoms with Crippen molar-refractivity contribution in [2.24, 2.45) is 20.5 Å². The van der Waals surface area contributed by atoms with Gasteiger partial charge in [0.05, 0.1) is 7.11 Å². The lowest BCUT2D eigenvalue weighted by molar-refractivity contribution is 0.416. The molecule has 306 valence electrons. The fraction of sp³-hybridized carbons (Fsp3) is 0.0256. The number of azo groups is 2. The van der Waals surface area contributed by atoms with Crippen LogP contribution in [-0.2, 0) is 30.4 Å². The minimum absolute atomic E-state index is 0.0793. The van der Waals surface area contributed by atoms with E-state index in [-0.39, 0.29) is 27.9 Å². The molecule has 0 fully saturated rings. The quantitative estimate of drug-likeness (QED) is 0.0471. The summed E-state index contributed by atoms with van der Waals surface area (Å²) >= 11 is 0. The number of phenolic OH excluding ortho intramolecular Hbond substituents is 3. The highest BCUT2D eigenvalue weighted by atomic mass is 32.2. The van der Waals surface area contributed by atoms with Crippen LogP contribution in [0.15, 0.2) is 150 Å². The standard InChI is InChI=1S/C39H29N5O13S3/c1-57-32-18-22(11-15-29(32)42-44-37-35(60(54,55)56)19-23-16-25(12-13-26(23)38(37)46)40-24-6-3-2-4-7-24)21-10-14-28(31(45)17-21)41-43-30-20-34(59(51,52)53)27-8-5-9-33(58(48,49)50)36(27)39(30)47/h2-20,40,45-47H,1H3,(H,48,49,50)(H,51,52,53)(H,54,55,56). The van der Waals surface area contributed by atoms with Crippen LogP contribution in [0.4, 0.5) is 34.1 Å². The van der Waals surface area contributed by atoms with Crippen LogP contribution in [-0.4, -0.2) is 61.3 Å². The van der Waals surface area contributed by atoms with Gasteiger partial charge in [-0.25, -0.2) is 0 Å². The van der Waals surface area contributed by atoms with Gasteiger partial charge in [0.25, 0.3) is 30.4 Å². The van der Waals surface area contributed by atoms with Gasteiger partial charge in [-0.3, -0.25) is 13.7 Å². The molecule has 21 heteroatoms. The van der Waals surface area contributed by atoms with Crippen molar-refractivity contribution < 1.29 is 59.0 Å². The third kappa shape index (κ3) is 8.29. The van der Waals surface area contributed by atoms with Gasteiger partial charge in [-0.2, -0.15) is 25.3 Å². The Morgan fingerprint density at radius 3 is 1.80 bits per heavy atom. The maximum atomic E-state index is 12.5. The molecule has 0 heterocycles. The van der Waals surface area contributed by atoms with Crippen molar-refractivity contribution in [3.8, 4) is 34.1 Å². The van der Waals surface area contributed by atoms with E-state index in [0.717, 1.165) is 36.0 Å². The number of anilines is 2. The number of hydrogen-bond acceptors (Lipinski definition) is 15. The Balaban J connectivity index is 1.19. The van der Waals surface area contributed by atoms with Crippen LogP contribution in [0.1, 0.15) is 0 Å². The summed E-state index contributed by atoms with van der Waals surface area (Å²) in [6.07, 6.45) is 0. The molecule has 0 unspecified atom stereocenters. The normalized spacial score (nSPS) is 12.5. The van der Waals surface area contributed by atoms with Gasteiger partial charge in [0.2, 0.25) is 0 Å². The molecule has 0 aliphatic rings. The fourth-order valence-corrected chi connectivity index (χ4v) is 8.31. The SMILES string of the molecule is COc1cc(-c2ccc(N=Nc3cc(S(=O)(=O)O)c4cccc(S(=O)(=O)O)c4c3O)c(O)c2)ccc1N=Nc1c(S(=O)(=O)O)cc2cc(Nc3ccccc3)ccc2c1O. The molecular weight excluding hydrogens is 843 g/mol. The number of methoxy groups -OCH3 is 1. The van der Waals surface area contributed by atoms with Gasteiger partial charge in [0.1, 0.15) is 48.9 Å². The summed E-state index contributed by atoms with van der Waals surface area (Å²) in [7, 11) is -13.6. The maximum absolute atomic E-state index is 12.5. The number of benzene rings is 7. The summed E-state index contributed by atoms with van der Waals surface area (Å²) in [4.78, 5) is -2.41. The molecule has 0 bridgehead atoms. The molecule has 0 aromatic heterocycles. The van der Waals surface area contributed by atoms with E-state index < -0.39 is 84.4 Å². The molecule has 7 aromatic rings. The lowest BCUT2D eigenvalue weighted by atomic mass is 10.0. The first-order chi connectivity index (χ1) is 28.3. The largest absolute Gasteiger partial charge is 0.506 e. The Bertz CT molecular complexity index is 3290. The van der Waals surface area contributed by atoms with Gasteiger partial charge in [0.15, 0.2) is 11.5 Å². The minimum Gasteiger partial charge on any atom is -0.506 e. The van der Waals surface area contributed by atoms with Gasteiger partial charge in [-0.1, -0.05) is 42.5 Å². The molecule has 0 saturated carbocycles. The molecule has 0 saturated heterocycles. The molecule has 0 spiro atoms.